The van der Waals surface area contributed by atoms with E-state index in [1.807, 2.05) is 13.8 Å². The number of rotatable bonds is 3. The molecule has 1 aromatic rings. The minimum atomic E-state index is -0.595. The standard InChI is InChI=1S/C21H29F2NO2/c1-12(2)20(25)24-21(4)11-19(15-7-6-14(22)10-17(15)23)26-18-9-13(3)5-8-16(18)21/h6-7,10,12-13,16,18-19H,5,8-9,11H2,1-4H3,(H,24,25)/t13-,16-,18-,19-,21-/m1/s1. The summed E-state index contributed by atoms with van der Waals surface area (Å²) >= 11 is 0. The molecule has 2 fully saturated rings. The van der Waals surface area contributed by atoms with E-state index in [9.17, 15) is 13.6 Å². The number of carbonyl (C=O) groups is 1. The molecule has 5 heteroatoms. The monoisotopic (exact) mass is 365 g/mol. The van der Waals surface area contributed by atoms with E-state index in [4.69, 9.17) is 4.74 Å². The normalized spacial score (nSPS) is 34.4. The Bertz CT molecular complexity index is 678. The molecule has 0 bridgehead atoms. The van der Waals surface area contributed by atoms with Crippen LogP contribution in [0.15, 0.2) is 18.2 Å². The van der Waals surface area contributed by atoms with Gasteiger partial charge in [-0.25, -0.2) is 8.78 Å². The lowest BCUT2D eigenvalue weighted by Crippen LogP contribution is -2.61. The van der Waals surface area contributed by atoms with Gasteiger partial charge in [-0.2, -0.15) is 0 Å². The molecule has 1 heterocycles. The molecule has 0 aromatic heterocycles. The van der Waals surface area contributed by atoms with E-state index in [1.165, 1.54) is 12.1 Å². The smallest absolute Gasteiger partial charge is 0.222 e. The average Bonchev–Trinajstić information content (AvgIpc) is 2.53. The zero-order valence-electron chi connectivity index (χ0n) is 16.0. The lowest BCUT2D eigenvalue weighted by Gasteiger charge is -2.52. The summed E-state index contributed by atoms with van der Waals surface area (Å²) in [5.41, 5.74) is -0.0938. The van der Waals surface area contributed by atoms with Crippen LogP contribution in [0.3, 0.4) is 0 Å². The van der Waals surface area contributed by atoms with Crippen molar-refractivity contribution in [2.75, 3.05) is 0 Å². The minimum absolute atomic E-state index is 0.00472. The highest BCUT2D eigenvalue weighted by atomic mass is 19.1. The Labute approximate surface area is 154 Å². The fraction of sp³-hybridized carbons (Fsp3) is 0.667. The third-order valence-corrected chi connectivity index (χ3v) is 6.06. The number of hydrogen-bond acceptors (Lipinski definition) is 2. The predicted octanol–water partition coefficient (Wildman–Crippen LogP) is 4.76. The van der Waals surface area contributed by atoms with Crippen LogP contribution in [0.2, 0.25) is 0 Å². The number of carbonyl (C=O) groups excluding carboxylic acids is 1. The summed E-state index contributed by atoms with van der Waals surface area (Å²) in [6.07, 6.45) is 2.96. The van der Waals surface area contributed by atoms with E-state index in [1.54, 1.807) is 0 Å². The fourth-order valence-corrected chi connectivity index (χ4v) is 4.52. The summed E-state index contributed by atoms with van der Waals surface area (Å²) in [5.74, 6) is -0.544. The number of ether oxygens (including phenoxy) is 1. The van der Waals surface area contributed by atoms with Crippen molar-refractivity contribution in [1.29, 1.82) is 0 Å². The molecular weight excluding hydrogens is 336 g/mol. The average molecular weight is 365 g/mol. The first-order valence-corrected chi connectivity index (χ1v) is 9.62. The molecule has 144 valence electrons. The van der Waals surface area contributed by atoms with E-state index in [-0.39, 0.29) is 23.8 Å². The summed E-state index contributed by atoms with van der Waals surface area (Å²) in [6.45, 7) is 7.99. The molecule has 1 aliphatic heterocycles. The maximum absolute atomic E-state index is 14.4. The van der Waals surface area contributed by atoms with Gasteiger partial charge in [0.15, 0.2) is 0 Å². The lowest BCUT2D eigenvalue weighted by molar-refractivity contribution is -0.155. The van der Waals surface area contributed by atoms with Gasteiger partial charge in [0.1, 0.15) is 11.6 Å². The van der Waals surface area contributed by atoms with Crippen LogP contribution in [0.1, 0.15) is 65.0 Å². The van der Waals surface area contributed by atoms with Gasteiger partial charge < -0.3 is 10.1 Å². The third kappa shape index (κ3) is 3.78. The molecule has 1 aliphatic carbocycles. The fourth-order valence-electron chi connectivity index (χ4n) is 4.52. The van der Waals surface area contributed by atoms with Crippen LogP contribution in [0.25, 0.3) is 0 Å². The molecule has 1 N–H and O–H groups in total. The third-order valence-electron chi connectivity index (χ3n) is 6.06. The van der Waals surface area contributed by atoms with Crippen LogP contribution in [0.5, 0.6) is 0 Å². The molecule has 5 atom stereocenters. The van der Waals surface area contributed by atoms with Gasteiger partial charge in [-0.1, -0.05) is 33.3 Å². The van der Waals surface area contributed by atoms with Crippen LogP contribution in [-0.4, -0.2) is 17.6 Å². The van der Waals surface area contributed by atoms with Crippen molar-refractivity contribution in [3.8, 4) is 0 Å². The molecule has 1 saturated carbocycles. The highest BCUT2D eigenvalue weighted by Gasteiger charge is 2.49. The number of amides is 1. The maximum atomic E-state index is 14.4. The molecule has 1 amide bonds. The number of nitrogens with one attached hydrogen (secondary N) is 1. The topological polar surface area (TPSA) is 38.3 Å². The SMILES string of the molecule is CC(C)C(=O)N[C@]1(C)C[C@H](c2ccc(F)cc2F)O[C@@H]2C[C@H](C)CC[C@H]21. The van der Waals surface area contributed by atoms with Gasteiger partial charge in [0.2, 0.25) is 5.91 Å². The Morgan fingerprint density at radius 3 is 2.69 bits per heavy atom. The van der Waals surface area contributed by atoms with E-state index in [0.29, 0.717) is 17.9 Å². The zero-order chi connectivity index (χ0) is 19.1. The Balaban J connectivity index is 1.92. The van der Waals surface area contributed by atoms with Gasteiger partial charge in [-0.15, -0.1) is 0 Å². The molecule has 0 unspecified atom stereocenters. The van der Waals surface area contributed by atoms with Crippen LogP contribution in [-0.2, 0) is 9.53 Å². The second kappa shape index (κ2) is 7.26. The first-order valence-electron chi connectivity index (χ1n) is 9.62. The van der Waals surface area contributed by atoms with Crippen LogP contribution < -0.4 is 5.32 Å². The Morgan fingerprint density at radius 2 is 2.04 bits per heavy atom. The molecular formula is C21H29F2NO2. The van der Waals surface area contributed by atoms with Gasteiger partial charge in [0.25, 0.3) is 0 Å². The van der Waals surface area contributed by atoms with Gasteiger partial charge >= 0.3 is 0 Å². The molecule has 1 saturated heterocycles. The first-order chi connectivity index (χ1) is 12.2. The van der Waals surface area contributed by atoms with E-state index in [0.717, 1.165) is 25.3 Å². The molecule has 3 rings (SSSR count). The summed E-state index contributed by atoms with van der Waals surface area (Å²) < 4.78 is 34.0. The number of fused-ring (bicyclic) bond motifs is 1. The van der Waals surface area contributed by atoms with Crippen molar-refractivity contribution >= 4 is 5.91 Å². The van der Waals surface area contributed by atoms with Crippen molar-refractivity contribution in [2.45, 2.75) is 71.1 Å². The molecule has 2 aliphatic rings. The van der Waals surface area contributed by atoms with Gasteiger partial charge in [0.05, 0.1) is 12.2 Å². The van der Waals surface area contributed by atoms with Crippen LogP contribution in [0.4, 0.5) is 8.78 Å². The molecule has 26 heavy (non-hydrogen) atoms. The lowest BCUT2D eigenvalue weighted by atomic mass is 9.66. The van der Waals surface area contributed by atoms with Gasteiger partial charge in [0, 0.05) is 35.4 Å². The minimum Gasteiger partial charge on any atom is -0.370 e. The number of halogens is 2. The summed E-state index contributed by atoms with van der Waals surface area (Å²) in [7, 11) is 0. The van der Waals surface area contributed by atoms with Crippen molar-refractivity contribution < 1.29 is 18.3 Å². The largest absolute Gasteiger partial charge is 0.370 e. The van der Waals surface area contributed by atoms with Gasteiger partial charge in [-0.05, 0) is 31.7 Å². The van der Waals surface area contributed by atoms with E-state index >= 15 is 0 Å². The van der Waals surface area contributed by atoms with Crippen molar-refractivity contribution in [3.05, 3.63) is 35.4 Å². The first kappa shape index (κ1) is 19.3. The second-order valence-electron chi connectivity index (χ2n) is 8.62. The van der Waals surface area contributed by atoms with Crippen molar-refractivity contribution in [2.24, 2.45) is 17.8 Å². The molecule has 1 aromatic carbocycles. The quantitative estimate of drug-likeness (QED) is 0.838. The molecule has 0 spiro atoms. The molecule has 0 radical (unpaired) electrons. The van der Waals surface area contributed by atoms with E-state index in [2.05, 4.69) is 19.2 Å². The highest BCUT2D eigenvalue weighted by Crippen LogP contribution is 2.48. The second-order valence-corrected chi connectivity index (χ2v) is 8.62. The number of benzene rings is 1. The zero-order valence-corrected chi connectivity index (χ0v) is 16.0. The van der Waals surface area contributed by atoms with Gasteiger partial charge in [-0.3, -0.25) is 4.79 Å². The number of hydrogen-bond donors (Lipinski definition) is 1. The van der Waals surface area contributed by atoms with Crippen molar-refractivity contribution in [1.82, 2.24) is 5.32 Å². The highest BCUT2D eigenvalue weighted by molar-refractivity contribution is 5.78. The van der Waals surface area contributed by atoms with Crippen LogP contribution in [0, 0.1) is 29.4 Å². The van der Waals surface area contributed by atoms with Crippen molar-refractivity contribution in [3.63, 3.8) is 0 Å². The Morgan fingerprint density at radius 1 is 1.31 bits per heavy atom. The Hall–Kier alpha value is -1.49. The summed E-state index contributed by atoms with van der Waals surface area (Å²) in [5, 5.41) is 3.22. The van der Waals surface area contributed by atoms with E-state index < -0.39 is 23.3 Å². The summed E-state index contributed by atoms with van der Waals surface area (Å²) in [4.78, 5) is 12.4. The maximum Gasteiger partial charge on any atom is 0.222 e. The van der Waals surface area contributed by atoms with Crippen LogP contribution >= 0.6 is 0 Å². The Kier molecular flexibility index (Phi) is 5.38. The predicted molar refractivity (Wildman–Crippen MR) is 96.5 cm³/mol. The molecule has 3 nitrogen and oxygen atoms in total. The summed E-state index contributed by atoms with van der Waals surface area (Å²) in [6, 6.07) is 3.63.